The van der Waals surface area contributed by atoms with Crippen LogP contribution >= 0.6 is 0 Å². The van der Waals surface area contributed by atoms with Gasteiger partial charge in [0.25, 0.3) is 0 Å². The molecule has 0 aliphatic rings. The first-order chi connectivity index (χ1) is 9.33. The third-order valence-corrected chi connectivity index (χ3v) is 2.95. The van der Waals surface area contributed by atoms with E-state index in [1.165, 1.54) is 0 Å². The second kappa shape index (κ2) is 7.01. The van der Waals surface area contributed by atoms with E-state index in [1.54, 1.807) is 7.11 Å². The minimum atomic E-state index is 0.729. The first kappa shape index (κ1) is 13.7. The summed E-state index contributed by atoms with van der Waals surface area (Å²) in [6.45, 7) is 5.25. The molecule has 0 spiro atoms. The van der Waals surface area contributed by atoms with E-state index in [4.69, 9.17) is 4.74 Å². The van der Waals surface area contributed by atoms with E-state index < -0.39 is 0 Å². The number of hydrogen-bond acceptors (Lipinski definition) is 5. The Morgan fingerprint density at radius 2 is 1.84 bits per heavy atom. The molecule has 0 saturated heterocycles. The molecule has 0 radical (unpaired) electrons. The van der Waals surface area contributed by atoms with Gasteiger partial charge in [-0.05, 0) is 6.92 Å². The highest BCUT2D eigenvalue weighted by molar-refractivity contribution is 5.92. The molecule has 2 rings (SSSR count). The SMILES string of the molecule is COCCNCCNc1nnc(C)c2ccccc12. The van der Waals surface area contributed by atoms with Crippen LogP contribution in [-0.2, 0) is 4.74 Å². The molecule has 0 saturated carbocycles. The van der Waals surface area contributed by atoms with Crippen molar-refractivity contribution < 1.29 is 4.74 Å². The number of rotatable bonds is 7. The Kier molecular flexibility index (Phi) is 5.06. The summed E-state index contributed by atoms with van der Waals surface area (Å²) in [5, 5.41) is 17.3. The Labute approximate surface area is 113 Å². The average molecular weight is 260 g/mol. The largest absolute Gasteiger partial charge is 0.383 e. The number of aryl methyl sites for hydroxylation is 1. The molecule has 2 N–H and O–H groups in total. The van der Waals surface area contributed by atoms with Crippen LogP contribution in [0.4, 0.5) is 5.82 Å². The number of aromatic nitrogens is 2. The molecule has 0 fully saturated rings. The maximum absolute atomic E-state index is 4.97. The van der Waals surface area contributed by atoms with Crippen LogP contribution in [0.3, 0.4) is 0 Å². The lowest BCUT2D eigenvalue weighted by atomic mass is 10.1. The van der Waals surface area contributed by atoms with Crippen molar-refractivity contribution in [2.45, 2.75) is 6.92 Å². The molecule has 1 heterocycles. The highest BCUT2D eigenvalue weighted by atomic mass is 16.5. The summed E-state index contributed by atoms with van der Waals surface area (Å²) >= 11 is 0. The first-order valence-corrected chi connectivity index (χ1v) is 6.48. The lowest BCUT2D eigenvalue weighted by Crippen LogP contribution is -2.25. The van der Waals surface area contributed by atoms with E-state index in [1.807, 2.05) is 19.1 Å². The highest BCUT2D eigenvalue weighted by Crippen LogP contribution is 2.21. The van der Waals surface area contributed by atoms with Gasteiger partial charge in [0.2, 0.25) is 0 Å². The van der Waals surface area contributed by atoms with Gasteiger partial charge >= 0.3 is 0 Å². The standard InChI is InChI=1S/C14H20N4O/c1-11-12-5-3-4-6-13(12)14(18-17-11)16-8-7-15-9-10-19-2/h3-6,15H,7-10H2,1-2H3,(H,16,18). The predicted molar refractivity (Wildman–Crippen MR) is 77.5 cm³/mol. The van der Waals surface area contributed by atoms with Crippen LogP contribution in [-0.4, -0.2) is 43.5 Å². The lowest BCUT2D eigenvalue weighted by Gasteiger charge is -2.09. The second-order valence-corrected chi connectivity index (χ2v) is 4.35. The number of methoxy groups -OCH3 is 1. The molecular formula is C14H20N4O. The van der Waals surface area contributed by atoms with Gasteiger partial charge in [-0.15, -0.1) is 5.10 Å². The van der Waals surface area contributed by atoms with Gasteiger partial charge in [-0.1, -0.05) is 24.3 Å². The number of fused-ring (bicyclic) bond motifs is 1. The van der Waals surface area contributed by atoms with Crippen LogP contribution in [0.1, 0.15) is 5.69 Å². The van der Waals surface area contributed by atoms with Crippen molar-refractivity contribution >= 4 is 16.6 Å². The van der Waals surface area contributed by atoms with Crippen LogP contribution in [0.25, 0.3) is 10.8 Å². The molecule has 0 amide bonds. The molecule has 0 aliphatic carbocycles. The third-order valence-electron chi connectivity index (χ3n) is 2.95. The molecule has 0 atom stereocenters. The van der Waals surface area contributed by atoms with E-state index in [0.717, 1.165) is 48.5 Å². The molecule has 102 valence electrons. The fourth-order valence-corrected chi connectivity index (χ4v) is 1.94. The van der Waals surface area contributed by atoms with Crippen LogP contribution in [0.5, 0.6) is 0 Å². The van der Waals surface area contributed by atoms with Gasteiger partial charge in [-0.3, -0.25) is 0 Å². The molecule has 19 heavy (non-hydrogen) atoms. The Morgan fingerprint density at radius 1 is 1.05 bits per heavy atom. The summed E-state index contributed by atoms with van der Waals surface area (Å²) in [7, 11) is 1.70. The van der Waals surface area contributed by atoms with Crippen molar-refractivity contribution in [3.63, 3.8) is 0 Å². The fourth-order valence-electron chi connectivity index (χ4n) is 1.94. The van der Waals surface area contributed by atoms with Gasteiger partial charge in [0.05, 0.1) is 12.3 Å². The fraction of sp³-hybridized carbons (Fsp3) is 0.429. The van der Waals surface area contributed by atoms with Crippen LogP contribution < -0.4 is 10.6 Å². The Hall–Kier alpha value is -1.72. The van der Waals surface area contributed by atoms with E-state index >= 15 is 0 Å². The Balaban J connectivity index is 1.96. The minimum Gasteiger partial charge on any atom is -0.383 e. The first-order valence-electron chi connectivity index (χ1n) is 6.48. The third kappa shape index (κ3) is 3.62. The molecule has 0 aliphatic heterocycles. The predicted octanol–water partition coefficient (Wildman–Crippen LogP) is 1.59. The van der Waals surface area contributed by atoms with Crippen LogP contribution in [0.15, 0.2) is 24.3 Å². The van der Waals surface area contributed by atoms with Gasteiger partial charge in [0, 0.05) is 37.5 Å². The van der Waals surface area contributed by atoms with Crippen LogP contribution in [0.2, 0.25) is 0 Å². The number of ether oxygens (including phenoxy) is 1. The zero-order valence-corrected chi connectivity index (χ0v) is 11.4. The van der Waals surface area contributed by atoms with Crippen molar-refractivity contribution in [2.75, 3.05) is 38.7 Å². The molecule has 2 aromatic rings. The zero-order chi connectivity index (χ0) is 13.5. The molecule has 5 nitrogen and oxygen atoms in total. The normalized spacial score (nSPS) is 10.8. The summed E-state index contributed by atoms with van der Waals surface area (Å²) in [4.78, 5) is 0. The summed E-state index contributed by atoms with van der Waals surface area (Å²) < 4.78 is 4.97. The van der Waals surface area contributed by atoms with Crippen molar-refractivity contribution in [1.29, 1.82) is 0 Å². The quantitative estimate of drug-likeness (QED) is 0.740. The van der Waals surface area contributed by atoms with Gasteiger partial charge in [-0.2, -0.15) is 5.10 Å². The zero-order valence-electron chi connectivity index (χ0n) is 11.4. The monoisotopic (exact) mass is 260 g/mol. The maximum atomic E-state index is 4.97. The van der Waals surface area contributed by atoms with Crippen LogP contribution in [0, 0.1) is 6.92 Å². The Bertz CT molecular complexity index is 530. The summed E-state index contributed by atoms with van der Waals surface area (Å²) in [6.07, 6.45) is 0. The van der Waals surface area contributed by atoms with Gasteiger partial charge in [0.15, 0.2) is 5.82 Å². The van der Waals surface area contributed by atoms with Gasteiger partial charge in [-0.25, -0.2) is 0 Å². The van der Waals surface area contributed by atoms with Crippen molar-refractivity contribution in [3.8, 4) is 0 Å². The van der Waals surface area contributed by atoms with E-state index in [0.29, 0.717) is 0 Å². The molecule has 0 bridgehead atoms. The maximum Gasteiger partial charge on any atom is 0.156 e. The van der Waals surface area contributed by atoms with Gasteiger partial charge < -0.3 is 15.4 Å². The summed E-state index contributed by atoms with van der Waals surface area (Å²) in [6, 6.07) is 8.18. The topological polar surface area (TPSA) is 59.1 Å². The molecule has 5 heteroatoms. The summed E-state index contributed by atoms with van der Waals surface area (Å²) in [5.74, 6) is 0.842. The van der Waals surface area contributed by atoms with Crippen molar-refractivity contribution in [3.05, 3.63) is 30.0 Å². The van der Waals surface area contributed by atoms with E-state index in [2.05, 4.69) is 33.0 Å². The number of anilines is 1. The van der Waals surface area contributed by atoms with E-state index in [9.17, 15) is 0 Å². The summed E-state index contributed by atoms with van der Waals surface area (Å²) in [5.41, 5.74) is 0.958. The number of hydrogen-bond donors (Lipinski definition) is 2. The van der Waals surface area contributed by atoms with Crippen molar-refractivity contribution in [2.24, 2.45) is 0 Å². The smallest absolute Gasteiger partial charge is 0.156 e. The average Bonchev–Trinajstić information content (AvgIpc) is 2.45. The molecular weight excluding hydrogens is 240 g/mol. The van der Waals surface area contributed by atoms with Crippen molar-refractivity contribution in [1.82, 2.24) is 15.5 Å². The molecule has 0 unspecified atom stereocenters. The molecule has 1 aromatic heterocycles. The van der Waals surface area contributed by atoms with E-state index in [-0.39, 0.29) is 0 Å². The Morgan fingerprint density at radius 3 is 2.63 bits per heavy atom. The highest BCUT2D eigenvalue weighted by Gasteiger charge is 2.04. The number of benzene rings is 1. The van der Waals surface area contributed by atoms with Gasteiger partial charge in [0.1, 0.15) is 0 Å². The lowest BCUT2D eigenvalue weighted by molar-refractivity contribution is 0.200. The number of nitrogens with one attached hydrogen (secondary N) is 2. The second-order valence-electron chi connectivity index (χ2n) is 4.35. The molecule has 1 aromatic carbocycles. The number of nitrogens with zero attached hydrogens (tertiary/aromatic N) is 2. The minimum absolute atomic E-state index is 0.729.